The van der Waals surface area contributed by atoms with E-state index in [1.54, 1.807) is 36.4 Å². The third-order valence-corrected chi connectivity index (χ3v) is 5.76. The second kappa shape index (κ2) is 9.84. The zero-order valence-electron chi connectivity index (χ0n) is 16.6. The number of rotatable bonds is 8. The van der Waals surface area contributed by atoms with Gasteiger partial charge in [-0.15, -0.1) is 0 Å². The van der Waals surface area contributed by atoms with Crippen LogP contribution in [0.3, 0.4) is 0 Å². The minimum Gasteiger partial charge on any atom is -0.457 e. The molecule has 0 radical (unpaired) electrons. The maximum absolute atomic E-state index is 13.1. The summed E-state index contributed by atoms with van der Waals surface area (Å²) in [5, 5.41) is 2.59. The highest BCUT2D eigenvalue weighted by Crippen LogP contribution is 2.33. The Hall–Kier alpha value is -3.37. The molecule has 0 saturated carbocycles. The molecule has 32 heavy (non-hydrogen) atoms. The number of ether oxygens (including phenoxy) is 1. The average Bonchev–Trinajstić information content (AvgIpc) is 2.75. The van der Waals surface area contributed by atoms with Crippen LogP contribution in [-0.4, -0.2) is 20.9 Å². The van der Waals surface area contributed by atoms with Gasteiger partial charge in [0.1, 0.15) is 11.5 Å². The molecular formula is C22H19F3N2O4S. The number of para-hydroxylation sites is 1. The van der Waals surface area contributed by atoms with E-state index >= 15 is 0 Å². The summed E-state index contributed by atoms with van der Waals surface area (Å²) in [7, 11) is -4.44. The van der Waals surface area contributed by atoms with Gasteiger partial charge in [0.05, 0.1) is 10.5 Å². The summed E-state index contributed by atoms with van der Waals surface area (Å²) < 4.78 is 71.4. The van der Waals surface area contributed by atoms with Crippen molar-refractivity contribution >= 4 is 21.6 Å². The molecule has 6 nitrogen and oxygen atoms in total. The smallest absolute Gasteiger partial charge is 0.417 e. The first-order valence-corrected chi connectivity index (χ1v) is 10.9. The number of carbonyl (C=O) groups excluding carboxylic acids is 1. The van der Waals surface area contributed by atoms with E-state index in [0.29, 0.717) is 23.3 Å². The molecule has 0 bridgehead atoms. The van der Waals surface area contributed by atoms with Crippen molar-refractivity contribution in [1.82, 2.24) is 4.72 Å². The van der Waals surface area contributed by atoms with E-state index in [4.69, 9.17) is 4.74 Å². The lowest BCUT2D eigenvalue weighted by Crippen LogP contribution is -2.29. The minimum absolute atomic E-state index is 0.268. The molecule has 2 N–H and O–H groups in total. The molecule has 0 atom stereocenters. The number of hydrogen-bond donors (Lipinski definition) is 2. The van der Waals surface area contributed by atoms with Crippen LogP contribution in [0.5, 0.6) is 11.5 Å². The van der Waals surface area contributed by atoms with Crippen LogP contribution in [0, 0.1) is 0 Å². The topological polar surface area (TPSA) is 84.5 Å². The van der Waals surface area contributed by atoms with Gasteiger partial charge in [0.25, 0.3) is 0 Å². The van der Waals surface area contributed by atoms with Gasteiger partial charge in [-0.05, 0) is 48.5 Å². The lowest BCUT2D eigenvalue weighted by Gasteiger charge is -2.13. The molecule has 3 rings (SSSR count). The molecule has 3 aromatic carbocycles. The largest absolute Gasteiger partial charge is 0.457 e. The molecule has 0 unspecified atom stereocenters. The Balaban J connectivity index is 1.53. The molecule has 168 valence electrons. The lowest BCUT2D eigenvalue weighted by molar-refractivity contribution is -0.139. The molecule has 0 aliphatic carbocycles. The Bertz CT molecular complexity index is 1170. The van der Waals surface area contributed by atoms with Crippen molar-refractivity contribution < 1.29 is 31.1 Å². The maximum Gasteiger partial charge on any atom is 0.417 e. The molecule has 0 fully saturated rings. The van der Waals surface area contributed by atoms with E-state index in [0.717, 1.165) is 12.1 Å². The Morgan fingerprint density at radius 2 is 1.44 bits per heavy atom. The van der Waals surface area contributed by atoms with Crippen molar-refractivity contribution in [3.05, 3.63) is 84.4 Å². The van der Waals surface area contributed by atoms with Crippen molar-refractivity contribution in [3.8, 4) is 11.5 Å². The average molecular weight is 464 g/mol. The summed E-state index contributed by atoms with van der Waals surface area (Å²) in [6.45, 7) is -0.366. The Labute approximate surface area is 183 Å². The molecule has 0 spiro atoms. The highest BCUT2D eigenvalue weighted by Gasteiger charge is 2.36. The number of alkyl halides is 3. The number of benzene rings is 3. The van der Waals surface area contributed by atoms with Crippen LogP contribution in [-0.2, 0) is 21.0 Å². The summed E-state index contributed by atoms with van der Waals surface area (Å²) in [4.78, 5) is 11.2. The molecule has 0 saturated heterocycles. The minimum atomic E-state index is -4.82. The highest BCUT2D eigenvalue weighted by molar-refractivity contribution is 7.89. The lowest BCUT2D eigenvalue weighted by atomic mass is 10.2. The standard InChI is InChI=1S/C22H19F3N2O4S/c23-22(24,25)19-8-4-5-9-20(19)32(29,30)26-15-14-21(28)27-16-10-12-18(13-11-16)31-17-6-2-1-3-7-17/h1-13,26H,14-15H2,(H,27,28). The molecule has 0 aliphatic heterocycles. The van der Waals surface area contributed by atoms with Gasteiger partial charge in [0, 0.05) is 18.7 Å². The summed E-state index contributed by atoms with van der Waals surface area (Å²) in [5.74, 6) is 0.711. The van der Waals surface area contributed by atoms with Crippen molar-refractivity contribution in [1.29, 1.82) is 0 Å². The molecule has 10 heteroatoms. The summed E-state index contributed by atoms with van der Waals surface area (Å²) >= 11 is 0. The molecule has 0 aromatic heterocycles. The molecule has 0 heterocycles. The fraction of sp³-hybridized carbons (Fsp3) is 0.136. The van der Waals surface area contributed by atoms with Crippen molar-refractivity contribution in [2.75, 3.05) is 11.9 Å². The van der Waals surface area contributed by atoms with Crippen molar-refractivity contribution in [2.24, 2.45) is 0 Å². The first kappa shape index (κ1) is 23.3. The predicted molar refractivity (Wildman–Crippen MR) is 113 cm³/mol. The first-order valence-electron chi connectivity index (χ1n) is 9.44. The SMILES string of the molecule is O=C(CCNS(=O)(=O)c1ccccc1C(F)(F)F)Nc1ccc(Oc2ccccc2)cc1. The quantitative estimate of drug-likeness (QED) is 0.501. The summed E-state index contributed by atoms with van der Waals surface area (Å²) in [6, 6.07) is 19.5. The normalized spacial score (nSPS) is 11.7. The molecular weight excluding hydrogens is 445 g/mol. The van der Waals surface area contributed by atoms with Gasteiger partial charge < -0.3 is 10.1 Å². The second-order valence-electron chi connectivity index (χ2n) is 6.63. The van der Waals surface area contributed by atoms with Crippen LogP contribution in [0.25, 0.3) is 0 Å². The van der Waals surface area contributed by atoms with E-state index < -0.39 is 32.6 Å². The Morgan fingerprint density at radius 1 is 0.844 bits per heavy atom. The van der Waals surface area contributed by atoms with E-state index in [9.17, 15) is 26.4 Å². The van der Waals surface area contributed by atoms with Crippen LogP contribution >= 0.6 is 0 Å². The van der Waals surface area contributed by atoms with E-state index in [2.05, 4.69) is 5.32 Å². The third kappa shape index (κ3) is 6.32. The maximum atomic E-state index is 13.1. The highest BCUT2D eigenvalue weighted by atomic mass is 32.2. The van der Waals surface area contributed by atoms with Crippen LogP contribution < -0.4 is 14.8 Å². The van der Waals surface area contributed by atoms with Crippen LogP contribution in [0.4, 0.5) is 18.9 Å². The van der Waals surface area contributed by atoms with Gasteiger partial charge in [-0.2, -0.15) is 13.2 Å². The van der Waals surface area contributed by atoms with Gasteiger partial charge in [-0.25, -0.2) is 13.1 Å². The number of sulfonamides is 1. The fourth-order valence-electron chi connectivity index (χ4n) is 2.77. The Morgan fingerprint density at radius 3 is 2.09 bits per heavy atom. The predicted octanol–water partition coefficient (Wildman–Crippen LogP) is 4.80. The summed E-state index contributed by atoms with van der Waals surface area (Å²) in [6.07, 6.45) is -5.09. The third-order valence-electron chi connectivity index (χ3n) is 4.24. The number of amides is 1. The Kier molecular flexibility index (Phi) is 7.16. The number of halogens is 3. The van der Waals surface area contributed by atoms with Gasteiger partial charge >= 0.3 is 6.18 Å². The van der Waals surface area contributed by atoms with Crippen LogP contribution in [0.15, 0.2) is 83.8 Å². The van der Waals surface area contributed by atoms with Crippen LogP contribution in [0.1, 0.15) is 12.0 Å². The van der Waals surface area contributed by atoms with Gasteiger partial charge in [-0.3, -0.25) is 4.79 Å². The van der Waals surface area contributed by atoms with Gasteiger partial charge in [0.2, 0.25) is 15.9 Å². The second-order valence-corrected chi connectivity index (χ2v) is 8.36. The van der Waals surface area contributed by atoms with E-state index in [1.807, 2.05) is 22.9 Å². The zero-order valence-corrected chi connectivity index (χ0v) is 17.4. The van der Waals surface area contributed by atoms with Crippen molar-refractivity contribution in [2.45, 2.75) is 17.5 Å². The molecule has 0 aliphatic rings. The molecule has 1 amide bonds. The van der Waals surface area contributed by atoms with E-state index in [-0.39, 0.29) is 13.0 Å². The first-order chi connectivity index (χ1) is 15.1. The zero-order chi connectivity index (χ0) is 23.2. The van der Waals surface area contributed by atoms with Gasteiger partial charge in [0.15, 0.2) is 0 Å². The van der Waals surface area contributed by atoms with E-state index in [1.165, 1.54) is 6.07 Å². The molecule has 3 aromatic rings. The van der Waals surface area contributed by atoms with Crippen LogP contribution in [0.2, 0.25) is 0 Å². The number of hydrogen-bond acceptors (Lipinski definition) is 4. The van der Waals surface area contributed by atoms with Gasteiger partial charge in [-0.1, -0.05) is 30.3 Å². The monoisotopic (exact) mass is 464 g/mol. The fourth-order valence-corrected chi connectivity index (χ4v) is 4.02. The number of nitrogens with one attached hydrogen (secondary N) is 2. The number of carbonyl (C=O) groups is 1. The summed E-state index contributed by atoms with van der Waals surface area (Å²) in [5.41, 5.74) is -0.810. The van der Waals surface area contributed by atoms with Crippen molar-refractivity contribution in [3.63, 3.8) is 0 Å². The number of anilines is 1.